The minimum atomic E-state index is -0.230. The van der Waals surface area contributed by atoms with Crippen molar-refractivity contribution < 1.29 is 0 Å². The first-order valence-corrected chi connectivity index (χ1v) is 6.92. The second-order valence-corrected chi connectivity index (χ2v) is 5.06. The minimum absolute atomic E-state index is 0.230. The molecule has 22 heavy (non-hydrogen) atoms. The molecule has 1 heterocycles. The fraction of sp³-hybridized carbons (Fsp3) is 0. The standard InChI is InChI=1S/C17H10ClN3O/c18-14(9-11-5-7-12(10-19)8-6-11)16-20-15-4-2-1-3-13(15)17(22)21-16/h1-9H,(H,20,21,22). The van der Waals surface area contributed by atoms with Crippen molar-refractivity contribution in [1.82, 2.24) is 9.97 Å². The molecule has 5 heteroatoms. The molecule has 2 aromatic carbocycles. The number of fused-ring (bicyclic) bond motifs is 1. The van der Waals surface area contributed by atoms with Crippen LogP contribution in [0.3, 0.4) is 0 Å². The summed E-state index contributed by atoms with van der Waals surface area (Å²) in [5.74, 6) is 0.315. The molecule has 106 valence electrons. The lowest BCUT2D eigenvalue weighted by Gasteiger charge is -2.02. The number of nitrogens with one attached hydrogen (secondary N) is 1. The van der Waals surface area contributed by atoms with Crippen LogP contribution in [0, 0.1) is 11.3 Å². The number of hydrogen-bond acceptors (Lipinski definition) is 3. The quantitative estimate of drug-likeness (QED) is 0.787. The molecule has 0 saturated heterocycles. The molecular weight excluding hydrogens is 298 g/mol. The summed E-state index contributed by atoms with van der Waals surface area (Å²) in [6.07, 6.45) is 1.69. The normalized spacial score (nSPS) is 11.4. The van der Waals surface area contributed by atoms with Gasteiger partial charge >= 0.3 is 0 Å². The van der Waals surface area contributed by atoms with Gasteiger partial charge in [0.1, 0.15) is 0 Å². The summed E-state index contributed by atoms with van der Waals surface area (Å²) in [5.41, 5.74) is 1.75. The molecule has 3 rings (SSSR count). The lowest BCUT2D eigenvalue weighted by Crippen LogP contribution is -2.10. The van der Waals surface area contributed by atoms with Gasteiger partial charge in [-0.05, 0) is 35.9 Å². The van der Waals surface area contributed by atoms with Gasteiger partial charge < -0.3 is 4.98 Å². The molecule has 0 aliphatic carbocycles. The highest BCUT2D eigenvalue weighted by Gasteiger charge is 2.06. The number of para-hydroxylation sites is 1. The van der Waals surface area contributed by atoms with E-state index in [4.69, 9.17) is 16.9 Å². The molecule has 3 aromatic rings. The van der Waals surface area contributed by atoms with Crippen molar-refractivity contribution in [3.63, 3.8) is 0 Å². The molecule has 4 nitrogen and oxygen atoms in total. The van der Waals surface area contributed by atoms with Gasteiger partial charge in [-0.15, -0.1) is 0 Å². The number of hydrogen-bond donors (Lipinski definition) is 1. The molecule has 0 amide bonds. The van der Waals surface area contributed by atoms with Crippen molar-refractivity contribution in [2.24, 2.45) is 0 Å². The summed E-state index contributed by atoms with van der Waals surface area (Å²) in [5, 5.41) is 9.63. The van der Waals surface area contributed by atoms with Crippen molar-refractivity contribution in [3.05, 3.63) is 75.8 Å². The second-order valence-electron chi connectivity index (χ2n) is 4.66. The molecule has 0 unspecified atom stereocenters. The Morgan fingerprint density at radius 3 is 2.64 bits per heavy atom. The summed E-state index contributed by atoms with van der Waals surface area (Å²) < 4.78 is 0. The van der Waals surface area contributed by atoms with Gasteiger partial charge in [0.05, 0.1) is 27.6 Å². The SMILES string of the molecule is N#Cc1ccc(C=C(Cl)c2nc3ccccc3c(=O)[nH]2)cc1. The zero-order valence-electron chi connectivity index (χ0n) is 11.4. The van der Waals surface area contributed by atoms with E-state index in [9.17, 15) is 4.79 Å². The molecule has 0 aliphatic heterocycles. The number of benzene rings is 2. The lowest BCUT2D eigenvalue weighted by atomic mass is 10.1. The van der Waals surface area contributed by atoms with Gasteiger partial charge in [0.2, 0.25) is 0 Å². The number of nitriles is 1. The molecule has 0 radical (unpaired) electrons. The summed E-state index contributed by atoms with van der Waals surface area (Å²) in [6.45, 7) is 0. The average Bonchev–Trinajstić information content (AvgIpc) is 2.55. The van der Waals surface area contributed by atoms with Crippen molar-refractivity contribution in [2.45, 2.75) is 0 Å². The van der Waals surface area contributed by atoms with Crippen LogP contribution in [-0.2, 0) is 0 Å². The minimum Gasteiger partial charge on any atom is -0.305 e. The Morgan fingerprint density at radius 2 is 1.91 bits per heavy atom. The molecule has 0 fully saturated rings. The third-order valence-corrected chi connectivity index (χ3v) is 3.46. The third kappa shape index (κ3) is 2.76. The molecule has 1 aromatic heterocycles. The predicted molar refractivity (Wildman–Crippen MR) is 87.2 cm³/mol. The zero-order valence-corrected chi connectivity index (χ0v) is 12.1. The number of H-pyrrole nitrogens is 1. The van der Waals surface area contributed by atoms with E-state index in [1.165, 1.54) is 0 Å². The molecule has 0 bridgehead atoms. The first-order chi connectivity index (χ1) is 10.7. The molecule has 0 saturated carbocycles. The van der Waals surface area contributed by atoms with Crippen LogP contribution in [-0.4, -0.2) is 9.97 Å². The summed E-state index contributed by atoms with van der Waals surface area (Å²) in [6, 6.07) is 16.1. The van der Waals surface area contributed by atoms with E-state index < -0.39 is 0 Å². The fourth-order valence-corrected chi connectivity index (χ4v) is 2.28. The van der Waals surface area contributed by atoms with Crippen LogP contribution in [0.1, 0.15) is 17.0 Å². The highest BCUT2D eigenvalue weighted by molar-refractivity contribution is 6.50. The molecular formula is C17H10ClN3O. The molecule has 1 N–H and O–H groups in total. The Morgan fingerprint density at radius 1 is 1.18 bits per heavy atom. The molecule has 0 atom stereocenters. The van der Waals surface area contributed by atoms with Crippen molar-refractivity contribution in [1.29, 1.82) is 5.26 Å². The van der Waals surface area contributed by atoms with Crippen molar-refractivity contribution >= 4 is 33.6 Å². The summed E-state index contributed by atoms with van der Waals surface area (Å²) in [7, 11) is 0. The Kier molecular flexibility index (Phi) is 3.73. The topological polar surface area (TPSA) is 69.5 Å². The van der Waals surface area contributed by atoms with E-state index in [0.717, 1.165) is 5.56 Å². The van der Waals surface area contributed by atoms with Crippen LogP contribution < -0.4 is 5.56 Å². The number of halogens is 1. The smallest absolute Gasteiger partial charge is 0.259 e. The number of aromatic amines is 1. The Bertz CT molecular complexity index is 966. The predicted octanol–water partition coefficient (Wildman–Crippen LogP) is 3.53. The third-order valence-electron chi connectivity index (χ3n) is 3.17. The summed E-state index contributed by atoms with van der Waals surface area (Å²) in [4.78, 5) is 19.1. The number of nitrogens with zero attached hydrogens (tertiary/aromatic N) is 2. The van der Waals surface area contributed by atoms with E-state index in [2.05, 4.69) is 16.0 Å². The van der Waals surface area contributed by atoms with E-state index in [-0.39, 0.29) is 5.56 Å². The maximum Gasteiger partial charge on any atom is 0.259 e. The van der Waals surface area contributed by atoms with Crippen LogP contribution in [0.4, 0.5) is 0 Å². The number of rotatable bonds is 2. The van der Waals surface area contributed by atoms with Crippen molar-refractivity contribution in [2.75, 3.05) is 0 Å². The maximum absolute atomic E-state index is 12.0. The van der Waals surface area contributed by atoms with Gasteiger partial charge in [0.15, 0.2) is 5.82 Å². The van der Waals surface area contributed by atoms with E-state index in [0.29, 0.717) is 27.3 Å². The van der Waals surface area contributed by atoms with Gasteiger partial charge in [-0.3, -0.25) is 4.79 Å². The first kappa shape index (κ1) is 14.1. The number of aromatic nitrogens is 2. The van der Waals surface area contributed by atoms with E-state index in [1.807, 2.05) is 6.07 Å². The van der Waals surface area contributed by atoms with Gasteiger partial charge in [-0.25, -0.2) is 4.98 Å². The Hall–Kier alpha value is -2.90. The van der Waals surface area contributed by atoms with Gasteiger partial charge in [-0.1, -0.05) is 35.9 Å². The van der Waals surface area contributed by atoms with Crippen LogP contribution in [0.2, 0.25) is 0 Å². The van der Waals surface area contributed by atoms with E-state index >= 15 is 0 Å². The van der Waals surface area contributed by atoms with Crippen LogP contribution in [0.25, 0.3) is 22.0 Å². The van der Waals surface area contributed by atoms with Gasteiger partial charge in [0, 0.05) is 0 Å². The van der Waals surface area contributed by atoms with Gasteiger partial charge in [0.25, 0.3) is 5.56 Å². The van der Waals surface area contributed by atoms with Gasteiger partial charge in [-0.2, -0.15) is 5.26 Å². The molecule has 0 spiro atoms. The monoisotopic (exact) mass is 307 g/mol. The molecule has 0 aliphatic rings. The van der Waals surface area contributed by atoms with Crippen LogP contribution >= 0.6 is 11.6 Å². The zero-order chi connectivity index (χ0) is 15.5. The van der Waals surface area contributed by atoms with Crippen LogP contribution in [0.15, 0.2) is 53.3 Å². The maximum atomic E-state index is 12.0. The first-order valence-electron chi connectivity index (χ1n) is 6.54. The average molecular weight is 308 g/mol. The lowest BCUT2D eigenvalue weighted by molar-refractivity contribution is 1.14. The highest BCUT2D eigenvalue weighted by Crippen LogP contribution is 2.20. The second kappa shape index (κ2) is 5.84. The van der Waals surface area contributed by atoms with Crippen LogP contribution in [0.5, 0.6) is 0 Å². The van der Waals surface area contributed by atoms with Crippen molar-refractivity contribution in [3.8, 4) is 6.07 Å². The van der Waals surface area contributed by atoms with E-state index in [1.54, 1.807) is 48.5 Å². The fourth-order valence-electron chi connectivity index (χ4n) is 2.07. The Balaban J connectivity index is 2.04. The largest absolute Gasteiger partial charge is 0.305 e. The Labute approximate surface area is 131 Å². The highest BCUT2D eigenvalue weighted by atomic mass is 35.5. The summed E-state index contributed by atoms with van der Waals surface area (Å²) >= 11 is 6.25.